The van der Waals surface area contributed by atoms with Crippen molar-refractivity contribution in [3.05, 3.63) is 29.3 Å². The van der Waals surface area contributed by atoms with Crippen LogP contribution in [-0.2, 0) is 12.0 Å². The molecule has 88 valence electrons. The van der Waals surface area contributed by atoms with Crippen LogP contribution in [0.25, 0.3) is 0 Å². The first kappa shape index (κ1) is 11.5. The van der Waals surface area contributed by atoms with Gasteiger partial charge in [0.2, 0.25) is 0 Å². The van der Waals surface area contributed by atoms with E-state index in [0.717, 1.165) is 25.4 Å². The first-order chi connectivity index (χ1) is 7.47. The third-order valence-electron chi connectivity index (χ3n) is 3.10. The predicted octanol–water partition coefficient (Wildman–Crippen LogP) is 2.81. The van der Waals surface area contributed by atoms with Gasteiger partial charge in [-0.05, 0) is 24.1 Å². The number of likely N-dealkylation sites (N-methyl/N-ethyl adjacent to an activating group) is 1. The maximum Gasteiger partial charge on any atom is 0.123 e. The molecule has 2 rings (SSSR count). The van der Waals surface area contributed by atoms with E-state index in [1.54, 1.807) is 0 Å². The van der Waals surface area contributed by atoms with E-state index in [2.05, 4.69) is 50.9 Å². The summed E-state index contributed by atoms with van der Waals surface area (Å²) < 4.78 is 5.74. The second-order valence-electron chi connectivity index (χ2n) is 5.66. The van der Waals surface area contributed by atoms with Crippen molar-refractivity contribution in [2.24, 2.45) is 0 Å². The summed E-state index contributed by atoms with van der Waals surface area (Å²) in [6, 6.07) is 6.59. The quantitative estimate of drug-likeness (QED) is 0.665. The molecule has 1 aromatic rings. The zero-order chi connectivity index (χ0) is 11.8. The number of hydrogen-bond acceptors (Lipinski definition) is 2. The molecule has 16 heavy (non-hydrogen) atoms. The number of ether oxygens (including phenoxy) is 1. The first-order valence-corrected chi connectivity index (χ1v) is 5.91. The lowest BCUT2D eigenvalue weighted by Crippen LogP contribution is -2.20. The largest absolute Gasteiger partial charge is 0.492 e. The lowest BCUT2D eigenvalue weighted by molar-refractivity contribution is 0.259. The third kappa shape index (κ3) is 2.38. The highest BCUT2D eigenvalue weighted by atomic mass is 16.5. The van der Waals surface area contributed by atoms with Crippen LogP contribution in [0.5, 0.6) is 5.75 Å². The van der Waals surface area contributed by atoms with Gasteiger partial charge in [0.25, 0.3) is 0 Å². The van der Waals surface area contributed by atoms with Crippen molar-refractivity contribution in [2.45, 2.75) is 32.7 Å². The van der Waals surface area contributed by atoms with Crippen molar-refractivity contribution >= 4 is 0 Å². The lowest BCUT2D eigenvalue weighted by atomic mass is 9.86. The van der Waals surface area contributed by atoms with Crippen LogP contribution >= 0.6 is 0 Å². The molecule has 0 spiro atoms. The minimum atomic E-state index is 0.208. The van der Waals surface area contributed by atoms with E-state index in [1.165, 1.54) is 11.1 Å². The maximum atomic E-state index is 5.74. The molecule has 0 fully saturated rings. The van der Waals surface area contributed by atoms with Gasteiger partial charge in [0, 0.05) is 18.7 Å². The van der Waals surface area contributed by atoms with Crippen LogP contribution in [0.1, 0.15) is 31.9 Å². The summed E-state index contributed by atoms with van der Waals surface area (Å²) in [7, 11) is 2.14. The molecular weight excluding hydrogens is 198 g/mol. The van der Waals surface area contributed by atoms with E-state index in [0.29, 0.717) is 0 Å². The molecule has 0 N–H and O–H groups in total. The van der Waals surface area contributed by atoms with Crippen LogP contribution in [0.3, 0.4) is 0 Å². The summed E-state index contributed by atoms with van der Waals surface area (Å²) in [6.45, 7) is 9.51. The molecule has 2 nitrogen and oxygen atoms in total. The molecule has 1 heterocycles. The highest BCUT2D eigenvalue weighted by Gasteiger charge is 2.18. The number of rotatable bonds is 0. The molecule has 1 aliphatic rings. The summed E-state index contributed by atoms with van der Waals surface area (Å²) in [5.41, 5.74) is 2.90. The molecule has 1 aliphatic heterocycles. The van der Waals surface area contributed by atoms with Crippen LogP contribution in [0.15, 0.2) is 18.2 Å². The lowest BCUT2D eigenvalue weighted by Gasteiger charge is -2.21. The van der Waals surface area contributed by atoms with Crippen LogP contribution in [-0.4, -0.2) is 25.1 Å². The van der Waals surface area contributed by atoms with Gasteiger partial charge in [-0.3, -0.25) is 4.90 Å². The Labute approximate surface area is 98.2 Å². The molecule has 0 aromatic heterocycles. The van der Waals surface area contributed by atoms with Crippen LogP contribution in [0, 0.1) is 0 Å². The minimum Gasteiger partial charge on any atom is -0.492 e. The van der Waals surface area contributed by atoms with Crippen molar-refractivity contribution in [2.75, 3.05) is 20.2 Å². The molecule has 0 unspecified atom stereocenters. The van der Waals surface area contributed by atoms with Gasteiger partial charge in [0.15, 0.2) is 0 Å². The molecule has 0 atom stereocenters. The Hall–Kier alpha value is -1.02. The fraction of sp³-hybridized carbons (Fsp3) is 0.571. The van der Waals surface area contributed by atoms with Gasteiger partial charge >= 0.3 is 0 Å². The van der Waals surface area contributed by atoms with Gasteiger partial charge in [0.05, 0.1) is 0 Å². The third-order valence-corrected chi connectivity index (χ3v) is 3.10. The molecule has 0 radical (unpaired) electrons. The molecule has 0 aliphatic carbocycles. The molecular formula is C14H21NO. The zero-order valence-electron chi connectivity index (χ0n) is 10.7. The predicted molar refractivity (Wildman–Crippen MR) is 67.0 cm³/mol. The van der Waals surface area contributed by atoms with Crippen molar-refractivity contribution in [3.63, 3.8) is 0 Å². The summed E-state index contributed by atoms with van der Waals surface area (Å²) in [5.74, 6) is 1.05. The van der Waals surface area contributed by atoms with E-state index in [9.17, 15) is 0 Å². The molecule has 0 amide bonds. The topological polar surface area (TPSA) is 12.5 Å². The maximum absolute atomic E-state index is 5.74. The average molecular weight is 219 g/mol. The minimum absolute atomic E-state index is 0.208. The van der Waals surface area contributed by atoms with Gasteiger partial charge in [-0.15, -0.1) is 0 Å². The van der Waals surface area contributed by atoms with Gasteiger partial charge in [0.1, 0.15) is 12.4 Å². The van der Waals surface area contributed by atoms with Gasteiger partial charge in [-0.2, -0.15) is 0 Å². The van der Waals surface area contributed by atoms with Crippen LogP contribution in [0.4, 0.5) is 0 Å². The Kier molecular flexibility index (Phi) is 2.94. The SMILES string of the molecule is CN1CCOc2ccc(C(C)(C)C)cc2C1. The summed E-state index contributed by atoms with van der Waals surface area (Å²) in [5, 5.41) is 0. The summed E-state index contributed by atoms with van der Waals surface area (Å²) in [6.07, 6.45) is 0. The fourth-order valence-electron chi connectivity index (χ4n) is 1.99. The molecule has 0 saturated heterocycles. The second-order valence-corrected chi connectivity index (χ2v) is 5.66. The molecule has 0 saturated carbocycles. The van der Waals surface area contributed by atoms with Gasteiger partial charge in [-0.1, -0.05) is 32.9 Å². The smallest absolute Gasteiger partial charge is 0.123 e. The normalized spacial score (nSPS) is 17.5. The zero-order valence-corrected chi connectivity index (χ0v) is 10.7. The Balaban J connectivity index is 2.37. The van der Waals surface area contributed by atoms with E-state index in [4.69, 9.17) is 4.74 Å². The van der Waals surface area contributed by atoms with E-state index >= 15 is 0 Å². The summed E-state index contributed by atoms with van der Waals surface area (Å²) in [4.78, 5) is 2.30. The van der Waals surface area contributed by atoms with Gasteiger partial charge in [-0.25, -0.2) is 0 Å². The Morgan fingerprint density at radius 3 is 2.69 bits per heavy atom. The number of benzene rings is 1. The number of fused-ring (bicyclic) bond motifs is 1. The van der Waals surface area contributed by atoms with E-state index in [1.807, 2.05) is 0 Å². The Bertz CT molecular complexity index is 379. The standard InChI is InChI=1S/C14H21NO/c1-14(2,3)12-5-6-13-11(9-12)10-15(4)7-8-16-13/h5-6,9H,7-8,10H2,1-4H3. The van der Waals surface area contributed by atoms with Crippen molar-refractivity contribution < 1.29 is 4.74 Å². The highest BCUT2D eigenvalue weighted by Crippen LogP contribution is 2.29. The average Bonchev–Trinajstić information content (AvgIpc) is 2.35. The first-order valence-electron chi connectivity index (χ1n) is 5.91. The Morgan fingerprint density at radius 2 is 2.00 bits per heavy atom. The highest BCUT2D eigenvalue weighted by molar-refractivity contribution is 5.40. The van der Waals surface area contributed by atoms with Crippen molar-refractivity contribution in [3.8, 4) is 5.75 Å². The van der Waals surface area contributed by atoms with Crippen LogP contribution in [0.2, 0.25) is 0 Å². The number of nitrogens with zero attached hydrogens (tertiary/aromatic N) is 1. The van der Waals surface area contributed by atoms with Crippen molar-refractivity contribution in [1.29, 1.82) is 0 Å². The van der Waals surface area contributed by atoms with Crippen molar-refractivity contribution in [1.82, 2.24) is 4.90 Å². The Morgan fingerprint density at radius 1 is 1.25 bits per heavy atom. The van der Waals surface area contributed by atoms with E-state index < -0.39 is 0 Å². The molecule has 1 aromatic carbocycles. The monoisotopic (exact) mass is 219 g/mol. The molecule has 0 bridgehead atoms. The van der Waals surface area contributed by atoms with Gasteiger partial charge < -0.3 is 4.74 Å². The molecule has 2 heteroatoms. The number of hydrogen-bond donors (Lipinski definition) is 0. The fourth-order valence-corrected chi connectivity index (χ4v) is 1.99. The summed E-state index contributed by atoms with van der Waals surface area (Å²) >= 11 is 0. The van der Waals surface area contributed by atoms with Crippen LogP contribution < -0.4 is 4.74 Å². The second kappa shape index (κ2) is 4.10. The van der Waals surface area contributed by atoms with E-state index in [-0.39, 0.29) is 5.41 Å².